The third kappa shape index (κ3) is 9.91. The predicted molar refractivity (Wildman–Crippen MR) is 177 cm³/mol. The van der Waals surface area contributed by atoms with Gasteiger partial charge in [-0.25, -0.2) is 17.5 Å². The maximum absolute atomic E-state index is 13.3. The molecule has 1 amide bonds. The summed E-state index contributed by atoms with van der Waals surface area (Å²) in [5.74, 6) is 0.0669. The number of likely N-dealkylation sites (tertiary alicyclic amines) is 1. The van der Waals surface area contributed by atoms with Gasteiger partial charge in [0.2, 0.25) is 10.0 Å². The Morgan fingerprint density at radius 2 is 1.57 bits per heavy atom. The van der Waals surface area contributed by atoms with E-state index in [1.54, 1.807) is 31.3 Å². The zero-order chi connectivity index (χ0) is 31.2. The van der Waals surface area contributed by atoms with Gasteiger partial charge in [0.1, 0.15) is 6.61 Å². The van der Waals surface area contributed by atoms with E-state index < -0.39 is 10.0 Å². The van der Waals surface area contributed by atoms with Crippen molar-refractivity contribution >= 4 is 16.1 Å². The molecule has 1 aliphatic heterocycles. The number of benzene rings is 3. The molecule has 0 saturated carbocycles. The molecule has 1 aliphatic rings. The van der Waals surface area contributed by atoms with Crippen LogP contribution in [0.3, 0.4) is 0 Å². The van der Waals surface area contributed by atoms with Crippen LogP contribution < -0.4 is 0 Å². The molecular formula is C36H49N3O4S. The second-order valence-corrected chi connectivity index (χ2v) is 13.9. The minimum Gasteiger partial charge on any atom is -0.445 e. The number of sulfonamides is 1. The standard InChI is InChI=1S/C36H49N3O4S/c1-3-4-14-26-39(36(40)43-30-31-16-8-5-9-17-31)34-20-15-25-38(28-24-34)27-23-33(32-18-10-6-11-19-32)29-37(2)44(41,42)35-21-12-7-13-22-35/h5-13,16-19,21-22,33-34H,3-4,14-15,20,23-30H2,1-2H3. The van der Waals surface area contributed by atoms with Crippen LogP contribution in [0.2, 0.25) is 0 Å². The number of hydrogen-bond acceptors (Lipinski definition) is 5. The number of likely N-dealkylation sites (N-methyl/N-ethyl adjacent to an activating group) is 1. The van der Waals surface area contributed by atoms with Gasteiger partial charge in [0.25, 0.3) is 0 Å². The minimum absolute atomic E-state index is 0.0669. The summed E-state index contributed by atoms with van der Waals surface area (Å²) in [6.07, 6.45) is 6.70. The van der Waals surface area contributed by atoms with Crippen LogP contribution in [0, 0.1) is 0 Å². The zero-order valence-corrected chi connectivity index (χ0v) is 27.2. The van der Waals surface area contributed by atoms with Crippen LogP contribution >= 0.6 is 0 Å². The van der Waals surface area contributed by atoms with Gasteiger partial charge in [0.05, 0.1) is 4.90 Å². The molecule has 8 heteroatoms. The minimum atomic E-state index is -3.58. The summed E-state index contributed by atoms with van der Waals surface area (Å²) in [6, 6.07) is 28.9. The molecule has 0 aliphatic carbocycles. The van der Waals surface area contributed by atoms with Crippen molar-refractivity contribution in [3.63, 3.8) is 0 Å². The maximum atomic E-state index is 13.3. The molecule has 3 aromatic rings. The van der Waals surface area contributed by atoms with Gasteiger partial charge >= 0.3 is 6.09 Å². The molecule has 1 saturated heterocycles. The fourth-order valence-electron chi connectivity index (χ4n) is 6.04. The van der Waals surface area contributed by atoms with Crippen LogP contribution in [0.5, 0.6) is 0 Å². The molecule has 0 N–H and O–H groups in total. The van der Waals surface area contributed by atoms with E-state index >= 15 is 0 Å². The van der Waals surface area contributed by atoms with E-state index in [0.717, 1.165) is 82.3 Å². The van der Waals surface area contributed by atoms with Crippen molar-refractivity contribution < 1.29 is 17.9 Å². The van der Waals surface area contributed by atoms with Crippen molar-refractivity contribution in [2.75, 3.05) is 39.8 Å². The van der Waals surface area contributed by atoms with E-state index in [-0.39, 0.29) is 24.7 Å². The summed E-state index contributed by atoms with van der Waals surface area (Å²) in [7, 11) is -1.90. The smallest absolute Gasteiger partial charge is 0.410 e. The SMILES string of the molecule is CCCCCN(C(=O)OCc1ccccc1)C1CCCN(CCC(CN(C)S(=O)(=O)c2ccccc2)c2ccccc2)CC1. The molecule has 44 heavy (non-hydrogen) atoms. The average Bonchev–Trinajstić information content (AvgIpc) is 3.30. The first-order valence-corrected chi connectivity index (χ1v) is 17.6. The number of nitrogens with zero attached hydrogens (tertiary/aromatic N) is 3. The third-order valence-electron chi connectivity index (χ3n) is 8.67. The lowest BCUT2D eigenvalue weighted by molar-refractivity contribution is 0.0759. The first kappa shape index (κ1) is 33.7. The Morgan fingerprint density at radius 1 is 0.909 bits per heavy atom. The highest BCUT2D eigenvalue weighted by Crippen LogP contribution is 2.26. The monoisotopic (exact) mass is 619 g/mol. The second-order valence-electron chi connectivity index (χ2n) is 11.9. The highest BCUT2D eigenvalue weighted by molar-refractivity contribution is 7.89. The summed E-state index contributed by atoms with van der Waals surface area (Å²) in [4.78, 5) is 18.1. The van der Waals surface area contributed by atoms with Gasteiger partial charge in [-0.05, 0) is 74.4 Å². The second kappa shape index (κ2) is 17.3. The van der Waals surface area contributed by atoms with Crippen molar-refractivity contribution in [2.24, 2.45) is 0 Å². The summed E-state index contributed by atoms with van der Waals surface area (Å²) in [6.45, 7) is 6.36. The van der Waals surface area contributed by atoms with Crippen molar-refractivity contribution in [1.82, 2.24) is 14.1 Å². The lowest BCUT2D eigenvalue weighted by atomic mass is 9.95. The highest BCUT2D eigenvalue weighted by Gasteiger charge is 2.29. The zero-order valence-electron chi connectivity index (χ0n) is 26.4. The van der Waals surface area contributed by atoms with Gasteiger partial charge in [-0.1, -0.05) is 98.6 Å². The summed E-state index contributed by atoms with van der Waals surface area (Å²) in [5.41, 5.74) is 2.15. The first-order chi connectivity index (χ1) is 21.4. The normalized spacial score (nSPS) is 16.8. The Kier molecular flexibility index (Phi) is 13.3. The largest absolute Gasteiger partial charge is 0.445 e. The Balaban J connectivity index is 1.37. The molecule has 3 aromatic carbocycles. The van der Waals surface area contributed by atoms with Gasteiger partial charge in [-0.2, -0.15) is 0 Å². The van der Waals surface area contributed by atoms with Crippen LogP contribution in [0.4, 0.5) is 4.79 Å². The summed E-state index contributed by atoms with van der Waals surface area (Å²) >= 11 is 0. The molecule has 2 unspecified atom stereocenters. The quantitative estimate of drug-likeness (QED) is 0.169. The van der Waals surface area contributed by atoms with Crippen LogP contribution in [-0.4, -0.2) is 74.4 Å². The summed E-state index contributed by atoms with van der Waals surface area (Å²) in [5, 5.41) is 0. The van der Waals surface area contributed by atoms with E-state index in [9.17, 15) is 13.2 Å². The topological polar surface area (TPSA) is 70.2 Å². The lowest BCUT2D eigenvalue weighted by Gasteiger charge is -2.31. The highest BCUT2D eigenvalue weighted by atomic mass is 32.2. The predicted octanol–water partition coefficient (Wildman–Crippen LogP) is 7.16. The number of ether oxygens (including phenoxy) is 1. The molecule has 238 valence electrons. The summed E-state index contributed by atoms with van der Waals surface area (Å²) < 4.78 is 33.9. The van der Waals surface area contributed by atoms with Crippen molar-refractivity contribution in [3.05, 3.63) is 102 Å². The Morgan fingerprint density at radius 3 is 2.25 bits per heavy atom. The van der Waals surface area contributed by atoms with Crippen LogP contribution in [0.25, 0.3) is 0 Å². The fraction of sp³-hybridized carbons (Fsp3) is 0.472. The van der Waals surface area contributed by atoms with Gasteiger partial charge < -0.3 is 14.5 Å². The Labute approximate surface area is 264 Å². The molecule has 0 aromatic heterocycles. The van der Waals surface area contributed by atoms with E-state index in [4.69, 9.17) is 4.74 Å². The maximum Gasteiger partial charge on any atom is 0.410 e. The third-order valence-corrected chi connectivity index (χ3v) is 10.5. The molecular weight excluding hydrogens is 570 g/mol. The van der Waals surface area contributed by atoms with Gasteiger partial charge in [0.15, 0.2) is 0 Å². The molecule has 4 rings (SSSR count). The molecule has 0 spiro atoms. The van der Waals surface area contributed by atoms with Crippen LogP contribution in [0.1, 0.15) is 68.9 Å². The van der Waals surface area contributed by atoms with Gasteiger partial charge in [-0.15, -0.1) is 0 Å². The Hall–Kier alpha value is -3.20. The number of unbranched alkanes of at least 4 members (excludes halogenated alkanes) is 2. The van der Waals surface area contributed by atoms with E-state index in [0.29, 0.717) is 11.4 Å². The van der Waals surface area contributed by atoms with Gasteiger partial charge in [-0.3, -0.25) is 0 Å². The van der Waals surface area contributed by atoms with Crippen molar-refractivity contribution in [3.8, 4) is 0 Å². The van der Waals surface area contributed by atoms with E-state index in [1.807, 2.05) is 59.5 Å². The number of carbonyl (C=O) groups excluding carboxylic acids is 1. The van der Waals surface area contributed by atoms with Crippen LogP contribution in [0.15, 0.2) is 95.9 Å². The van der Waals surface area contributed by atoms with Crippen molar-refractivity contribution in [1.29, 1.82) is 0 Å². The molecule has 2 atom stereocenters. The van der Waals surface area contributed by atoms with E-state index in [1.165, 1.54) is 4.31 Å². The fourth-order valence-corrected chi connectivity index (χ4v) is 7.28. The molecule has 0 radical (unpaired) electrons. The average molecular weight is 620 g/mol. The molecule has 1 heterocycles. The number of amides is 1. The van der Waals surface area contributed by atoms with Crippen LogP contribution in [-0.2, 0) is 21.4 Å². The number of hydrogen-bond donors (Lipinski definition) is 0. The van der Waals surface area contributed by atoms with Crippen molar-refractivity contribution in [2.45, 2.75) is 75.3 Å². The lowest BCUT2D eigenvalue weighted by Crippen LogP contribution is -2.42. The number of rotatable bonds is 15. The van der Waals surface area contributed by atoms with Gasteiger partial charge in [0, 0.05) is 32.7 Å². The molecule has 0 bridgehead atoms. The number of carbonyl (C=O) groups is 1. The first-order valence-electron chi connectivity index (χ1n) is 16.1. The van der Waals surface area contributed by atoms with E-state index in [2.05, 4.69) is 24.0 Å². The molecule has 7 nitrogen and oxygen atoms in total. The molecule has 1 fully saturated rings. The Bertz CT molecular complexity index is 1360.